The molecule has 0 radical (unpaired) electrons. The molecule has 0 spiro atoms. The molecule has 1 unspecified atom stereocenters. The second-order valence-electron chi connectivity index (χ2n) is 7.30. The Morgan fingerprint density at radius 3 is 2.50 bits per heavy atom. The zero-order chi connectivity index (χ0) is 19.3. The van der Waals surface area contributed by atoms with Crippen molar-refractivity contribution in [1.82, 2.24) is 20.1 Å². The first kappa shape index (κ1) is 18.4. The van der Waals surface area contributed by atoms with Gasteiger partial charge in [-0.2, -0.15) is 5.10 Å². The number of aromatic amines is 1. The third-order valence-electron chi connectivity index (χ3n) is 5.69. The van der Waals surface area contributed by atoms with Gasteiger partial charge >= 0.3 is 0 Å². The van der Waals surface area contributed by atoms with E-state index in [-0.39, 0.29) is 5.91 Å². The van der Waals surface area contributed by atoms with Gasteiger partial charge in [-0.1, -0.05) is 36.4 Å². The highest BCUT2D eigenvalue weighted by Crippen LogP contribution is 2.32. The van der Waals surface area contributed by atoms with E-state index in [9.17, 15) is 4.79 Å². The van der Waals surface area contributed by atoms with E-state index in [4.69, 9.17) is 5.73 Å². The fourth-order valence-corrected chi connectivity index (χ4v) is 4.07. The summed E-state index contributed by atoms with van der Waals surface area (Å²) in [7, 11) is 0. The molecule has 6 nitrogen and oxygen atoms in total. The number of H-pyrrole nitrogens is 1. The predicted octanol–water partition coefficient (Wildman–Crippen LogP) is 3.07. The Balaban J connectivity index is 1.38. The first-order valence-corrected chi connectivity index (χ1v) is 9.75. The van der Waals surface area contributed by atoms with E-state index >= 15 is 0 Å². The van der Waals surface area contributed by atoms with Crippen LogP contribution in [0.2, 0.25) is 0 Å². The van der Waals surface area contributed by atoms with Gasteiger partial charge < -0.3 is 10.6 Å². The molecule has 3 N–H and O–H groups in total. The third-order valence-corrected chi connectivity index (χ3v) is 5.69. The van der Waals surface area contributed by atoms with E-state index in [1.807, 2.05) is 23.2 Å². The molecule has 0 saturated carbocycles. The maximum absolute atomic E-state index is 12.8. The quantitative estimate of drug-likeness (QED) is 0.717. The van der Waals surface area contributed by atoms with Gasteiger partial charge in [0.2, 0.25) is 0 Å². The maximum atomic E-state index is 12.8. The highest BCUT2D eigenvalue weighted by Gasteiger charge is 2.29. The fourth-order valence-electron chi connectivity index (χ4n) is 4.07. The van der Waals surface area contributed by atoms with Crippen LogP contribution in [0.1, 0.15) is 34.8 Å². The maximum Gasteiger partial charge on any atom is 0.272 e. The molecule has 0 bridgehead atoms. The molecule has 1 fully saturated rings. The molecule has 3 aromatic rings. The van der Waals surface area contributed by atoms with Gasteiger partial charge in [0.25, 0.3) is 5.91 Å². The monoisotopic (exact) mass is 375 g/mol. The summed E-state index contributed by atoms with van der Waals surface area (Å²) in [6.45, 7) is 2.13. The minimum Gasteiger partial charge on any atom is -0.337 e. The SMILES string of the molecule is NCC(c1ccccc1)C1CCN(C(=O)c2ccc(-c3cn[nH]c3)cn2)CC1. The van der Waals surface area contributed by atoms with Crippen LogP contribution in [0.3, 0.4) is 0 Å². The molecule has 1 aliphatic heterocycles. The topological polar surface area (TPSA) is 87.9 Å². The van der Waals surface area contributed by atoms with Gasteiger partial charge in [0.1, 0.15) is 5.69 Å². The van der Waals surface area contributed by atoms with E-state index < -0.39 is 0 Å². The lowest BCUT2D eigenvalue weighted by Gasteiger charge is -2.36. The summed E-state index contributed by atoms with van der Waals surface area (Å²) in [5.41, 5.74) is 9.77. The van der Waals surface area contributed by atoms with Crippen LogP contribution in [0.4, 0.5) is 0 Å². The summed E-state index contributed by atoms with van der Waals surface area (Å²) >= 11 is 0. The number of hydrogen-bond donors (Lipinski definition) is 2. The van der Waals surface area contributed by atoms with Crippen LogP contribution < -0.4 is 5.73 Å². The first-order chi connectivity index (χ1) is 13.8. The predicted molar refractivity (Wildman–Crippen MR) is 109 cm³/mol. The summed E-state index contributed by atoms with van der Waals surface area (Å²) in [5.74, 6) is 0.861. The second kappa shape index (κ2) is 8.35. The van der Waals surface area contributed by atoms with Gasteiger partial charge in [-0.25, -0.2) is 0 Å². The van der Waals surface area contributed by atoms with Crippen molar-refractivity contribution in [2.75, 3.05) is 19.6 Å². The van der Waals surface area contributed by atoms with Gasteiger partial charge in [-0.3, -0.25) is 14.9 Å². The Bertz CT molecular complexity index is 884. The molecule has 6 heteroatoms. The number of carbonyl (C=O) groups is 1. The average molecular weight is 375 g/mol. The van der Waals surface area contributed by atoms with Crippen molar-refractivity contribution in [3.8, 4) is 11.1 Å². The van der Waals surface area contributed by atoms with E-state index in [0.717, 1.165) is 37.1 Å². The Hall–Kier alpha value is -2.99. The van der Waals surface area contributed by atoms with Crippen molar-refractivity contribution < 1.29 is 4.79 Å². The van der Waals surface area contributed by atoms with Crippen LogP contribution >= 0.6 is 0 Å². The number of nitrogens with zero attached hydrogens (tertiary/aromatic N) is 3. The zero-order valence-corrected chi connectivity index (χ0v) is 15.8. The van der Waals surface area contributed by atoms with Crippen LogP contribution in [0.25, 0.3) is 11.1 Å². The largest absolute Gasteiger partial charge is 0.337 e. The number of hydrogen-bond acceptors (Lipinski definition) is 4. The number of pyridine rings is 1. The normalized spacial score (nSPS) is 16.1. The van der Waals surface area contributed by atoms with Crippen molar-refractivity contribution in [3.05, 3.63) is 72.3 Å². The minimum absolute atomic E-state index is 0.00111. The van der Waals surface area contributed by atoms with Gasteiger partial charge in [-0.05, 0) is 42.9 Å². The molecule has 1 atom stereocenters. The fraction of sp³-hybridized carbons (Fsp3) is 0.318. The standard InChI is InChI=1S/C22H25N5O/c23-12-20(16-4-2-1-3-5-16)17-8-10-27(11-9-17)22(28)21-7-6-18(13-24-21)19-14-25-26-15-19/h1-7,13-15,17,20H,8-12,23H2,(H,25,26). The zero-order valence-electron chi connectivity index (χ0n) is 15.8. The van der Waals surface area contributed by atoms with Crippen LogP contribution in [0.15, 0.2) is 61.1 Å². The number of aromatic nitrogens is 3. The highest BCUT2D eigenvalue weighted by molar-refractivity contribution is 5.92. The molecule has 3 heterocycles. The number of nitrogens with one attached hydrogen (secondary N) is 1. The van der Waals surface area contributed by atoms with Crippen LogP contribution in [0.5, 0.6) is 0 Å². The number of carbonyl (C=O) groups excluding carboxylic acids is 1. The summed E-state index contributed by atoms with van der Waals surface area (Å²) in [4.78, 5) is 19.1. The molecule has 144 valence electrons. The summed E-state index contributed by atoms with van der Waals surface area (Å²) in [6.07, 6.45) is 7.21. The average Bonchev–Trinajstić information content (AvgIpc) is 3.30. The van der Waals surface area contributed by atoms with Crippen LogP contribution in [-0.4, -0.2) is 45.6 Å². The third kappa shape index (κ3) is 3.82. The number of rotatable bonds is 5. The van der Waals surface area contributed by atoms with Gasteiger partial charge in [0.15, 0.2) is 0 Å². The first-order valence-electron chi connectivity index (χ1n) is 9.75. The molecular formula is C22H25N5O. The molecule has 1 saturated heterocycles. The molecular weight excluding hydrogens is 350 g/mol. The number of nitrogens with two attached hydrogens (primary N) is 1. The van der Waals surface area contributed by atoms with E-state index in [2.05, 4.69) is 39.4 Å². The van der Waals surface area contributed by atoms with Crippen molar-refractivity contribution in [2.45, 2.75) is 18.8 Å². The molecule has 0 aliphatic carbocycles. The van der Waals surface area contributed by atoms with E-state index in [1.54, 1.807) is 18.5 Å². The van der Waals surface area contributed by atoms with Crippen molar-refractivity contribution in [2.24, 2.45) is 11.7 Å². The number of amides is 1. The Labute approximate surface area is 164 Å². The van der Waals surface area contributed by atoms with Gasteiger partial charge in [0.05, 0.1) is 6.20 Å². The lowest BCUT2D eigenvalue weighted by Crippen LogP contribution is -2.41. The molecule has 1 amide bonds. The van der Waals surface area contributed by atoms with Crippen LogP contribution in [0, 0.1) is 5.92 Å². The Morgan fingerprint density at radius 2 is 1.89 bits per heavy atom. The Kier molecular flexibility index (Phi) is 5.48. The number of benzene rings is 1. The van der Waals surface area contributed by atoms with Crippen molar-refractivity contribution >= 4 is 5.91 Å². The molecule has 1 aromatic carbocycles. The van der Waals surface area contributed by atoms with Gasteiger partial charge in [0, 0.05) is 36.6 Å². The smallest absolute Gasteiger partial charge is 0.272 e. The Morgan fingerprint density at radius 1 is 1.11 bits per heavy atom. The molecule has 28 heavy (non-hydrogen) atoms. The second-order valence-corrected chi connectivity index (χ2v) is 7.30. The molecule has 1 aliphatic rings. The van der Waals surface area contributed by atoms with Crippen LogP contribution in [-0.2, 0) is 0 Å². The lowest BCUT2D eigenvalue weighted by atomic mass is 9.80. The van der Waals surface area contributed by atoms with E-state index in [1.165, 1.54) is 5.56 Å². The lowest BCUT2D eigenvalue weighted by molar-refractivity contribution is 0.0673. The number of piperidine rings is 1. The summed E-state index contributed by atoms with van der Waals surface area (Å²) in [5, 5.41) is 6.73. The van der Waals surface area contributed by atoms with Crippen molar-refractivity contribution in [1.29, 1.82) is 0 Å². The number of likely N-dealkylation sites (tertiary alicyclic amines) is 1. The highest BCUT2D eigenvalue weighted by atomic mass is 16.2. The van der Waals surface area contributed by atoms with Gasteiger partial charge in [-0.15, -0.1) is 0 Å². The summed E-state index contributed by atoms with van der Waals surface area (Å²) < 4.78 is 0. The minimum atomic E-state index is 0.00111. The van der Waals surface area contributed by atoms with Crippen molar-refractivity contribution in [3.63, 3.8) is 0 Å². The molecule has 4 rings (SSSR count). The molecule has 2 aromatic heterocycles. The van der Waals surface area contributed by atoms with E-state index in [0.29, 0.717) is 24.1 Å². The summed E-state index contributed by atoms with van der Waals surface area (Å²) in [6, 6.07) is 14.2.